The molecule has 6 nitrogen and oxygen atoms in total. The van der Waals surface area contributed by atoms with Crippen molar-refractivity contribution < 1.29 is 14.1 Å². The summed E-state index contributed by atoms with van der Waals surface area (Å²) < 4.78 is 10.9. The van der Waals surface area contributed by atoms with Gasteiger partial charge in [-0.2, -0.15) is 4.98 Å². The lowest BCUT2D eigenvalue weighted by molar-refractivity contribution is -0.125. The van der Waals surface area contributed by atoms with Gasteiger partial charge in [0.15, 0.2) is 5.82 Å². The van der Waals surface area contributed by atoms with Crippen LogP contribution in [0.3, 0.4) is 0 Å². The highest BCUT2D eigenvalue weighted by Crippen LogP contribution is 2.26. The summed E-state index contributed by atoms with van der Waals surface area (Å²) in [5, 5.41) is 6.90. The van der Waals surface area contributed by atoms with Gasteiger partial charge < -0.3 is 14.6 Å². The molecule has 6 heteroatoms. The number of hydrogen-bond acceptors (Lipinski definition) is 5. The Balaban J connectivity index is 1.51. The molecule has 0 saturated heterocycles. The van der Waals surface area contributed by atoms with E-state index in [9.17, 15) is 4.79 Å². The number of benzene rings is 1. The molecule has 0 saturated carbocycles. The molecule has 1 amide bonds. The van der Waals surface area contributed by atoms with Gasteiger partial charge in [-0.3, -0.25) is 4.79 Å². The fraction of sp³-hybridized carbons (Fsp3) is 0.500. The van der Waals surface area contributed by atoms with Gasteiger partial charge in [-0.25, -0.2) is 0 Å². The largest absolute Gasteiger partial charge is 0.493 e. The molecule has 1 N–H and O–H groups in total. The highest BCUT2D eigenvalue weighted by atomic mass is 16.5. The summed E-state index contributed by atoms with van der Waals surface area (Å²) in [7, 11) is 0. The second-order valence-corrected chi connectivity index (χ2v) is 6.39. The molecule has 0 spiro atoms. The third-order valence-corrected chi connectivity index (χ3v) is 4.17. The van der Waals surface area contributed by atoms with Gasteiger partial charge in [0.2, 0.25) is 11.8 Å². The molecular formula is C18H23N3O3. The van der Waals surface area contributed by atoms with Crippen molar-refractivity contribution in [1.82, 2.24) is 15.5 Å². The van der Waals surface area contributed by atoms with Crippen molar-refractivity contribution in [2.45, 2.75) is 39.0 Å². The summed E-state index contributed by atoms with van der Waals surface area (Å²) >= 11 is 0. The van der Waals surface area contributed by atoms with E-state index < -0.39 is 0 Å². The molecule has 24 heavy (non-hydrogen) atoms. The topological polar surface area (TPSA) is 77.2 Å². The number of fused-ring (bicyclic) bond motifs is 1. The van der Waals surface area contributed by atoms with Crippen LogP contribution in [0.5, 0.6) is 5.75 Å². The van der Waals surface area contributed by atoms with Gasteiger partial charge >= 0.3 is 0 Å². The van der Waals surface area contributed by atoms with E-state index in [1.165, 1.54) is 0 Å². The molecule has 2 aromatic rings. The number of ether oxygens (including phenoxy) is 1. The predicted molar refractivity (Wildman–Crippen MR) is 88.8 cm³/mol. The first-order valence-electron chi connectivity index (χ1n) is 8.44. The Hall–Kier alpha value is -2.37. The molecule has 0 fully saturated rings. The van der Waals surface area contributed by atoms with Crippen LogP contribution in [-0.4, -0.2) is 29.2 Å². The van der Waals surface area contributed by atoms with Crippen LogP contribution in [0.4, 0.5) is 0 Å². The average Bonchev–Trinajstić information content (AvgIpc) is 2.93. The third kappa shape index (κ3) is 3.93. The van der Waals surface area contributed by atoms with Crippen LogP contribution in [-0.2, 0) is 17.6 Å². The first kappa shape index (κ1) is 16.5. The Bertz CT molecular complexity index is 696. The number of amides is 1. The maximum atomic E-state index is 12.4. The van der Waals surface area contributed by atoms with Crippen LogP contribution in [0.15, 0.2) is 28.8 Å². The maximum absolute atomic E-state index is 12.4. The monoisotopic (exact) mass is 329 g/mol. The van der Waals surface area contributed by atoms with Crippen molar-refractivity contribution in [2.24, 2.45) is 5.92 Å². The summed E-state index contributed by atoms with van der Waals surface area (Å²) in [4.78, 5) is 16.7. The van der Waals surface area contributed by atoms with Gasteiger partial charge in [0.25, 0.3) is 0 Å². The average molecular weight is 329 g/mol. The van der Waals surface area contributed by atoms with E-state index in [0.717, 1.165) is 17.7 Å². The molecule has 1 aliphatic rings. The summed E-state index contributed by atoms with van der Waals surface area (Å²) in [6, 6.07) is 7.91. The highest BCUT2D eigenvalue weighted by Gasteiger charge is 2.23. The second kappa shape index (κ2) is 7.47. The van der Waals surface area contributed by atoms with Crippen molar-refractivity contribution in [3.8, 4) is 5.75 Å². The predicted octanol–water partition coefficient (Wildman–Crippen LogP) is 2.49. The lowest BCUT2D eigenvalue weighted by atomic mass is 9.96. The van der Waals surface area contributed by atoms with Crippen molar-refractivity contribution >= 4 is 5.91 Å². The lowest BCUT2D eigenvalue weighted by Crippen LogP contribution is -2.33. The van der Waals surface area contributed by atoms with Crippen LogP contribution in [0.1, 0.15) is 43.5 Å². The van der Waals surface area contributed by atoms with E-state index in [0.29, 0.717) is 37.7 Å². The van der Waals surface area contributed by atoms with Gasteiger partial charge in [-0.1, -0.05) is 37.2 Å². The Morgan fingerprint density at radius 2 is 2.21 bits per heavy atom. The van der Waals surface area contributed by atoms with E-state index in [-0.39, 0.29) is 17.7 Å². The Kier molecular flexibility index (Phi) is 5.13. The van der Waals surface area contributed by atoms with Crippen LogP contribution in [0, 0.1) is 5.92 Å². The molecule has 128 valence electrons. The molecule has 1 aromatic carbocycles. The first-order valence-corrected chi connectivity index (χ1v) is 8.44. The van der Waals surface area contributed by atoms with Crippen LogP contribution in [0.25, 0.3) is 0 Å². The zero-order valence-electron chi connectivity index (χ0n) is 14.1. The summed E-state index contributed by atoms with van der Waals surface area (Å²) in [5.74, 6) is 2.38. The molecular weight excluding hydrogens is 306 g/mol. The maximum Gasteiger partial charge on any atom is 0.228 e. The van der Waals surface area contributed by atoms with E-state index in [1.807, 2.05) is 38.1 Å². The number of rotatable bonds is 5. The summed E-state index contributed by atoms with van der Waals surface area (Å²) in [5.41, 5.74) is 1.09. The van der Waals surface area contributed by atoms with Crippen LogP contribution < -0.4 is 10.1 Å². The van der Waals surface area contributed by atoms with Crippen LogP contribution in [0.2, 0.25) is 0 Å². The SMILES string of the molecule is CC(C)c1noc(CCNC(=O)[C@H]2CCOc3ccccc3C2)n1. The minimum Gasteiger partial charge on any atom is -0.493 e. The zero-order chi connectivity index (χ0) is 16.9. The molecule has 1 aliphatic heterocycles. The first-order chi connectivity index (χ1) is 11.6. The molecule has 1 atom stereocenters. The summed E-state index contributed by atoms with van der Waals surface area (Å²) in [6.07, 6.45) is 1.98. The molecule has 0 aliphatic carbocycles. The Morgan fingerprint density at radius 3 is 3.00 bits per heavy atom. The Morgan fingerprint density at radius 1 is 1.38 bits per heavy atom. The minimum atomic E-state index is -0.0671. The molecule has 0 unspecified atom stereocenters. The molecule has 3 rings (SSSR count). The Labute approximate surface area is 141 Å². The molecule has 0 radical (unpaired) electrons. The van der Waals surface area contributed by atoms with Gasteiger partial charge in [-0.05, 0) is 24.5 Å². The van der Waals surface area contributed by atoms with Crippen molar-refractivity contribution in [1.29, 1.82) is 0 Å². The second-order valence-electron chi connectivity index (χ2n) is 6.39. The fourth-order valence-corrected chi connectivity index (χ4v) is 2.76. The van der Waals surface area contributed by atoms with Crippen molar-refractivity contribution in [3.63, 3.8) is 0 Å². The smallest absolute Gasteiger partial charge is 0.228 e. The highest BCUT2D eigenvalue weighted by molar-refractivity contribution is 5.79. The fourth-order valence-electron chi connectivity index (χ4n) is 2.76. The van der Waals surface area contributed by atoms with Gasteiger partial charge in [0.1, 0.15) is 5.75 Å². The molecule has 1 aromatic heterocycles. The standard InChI is InChI=1S/C18H23N3O3/c1-12(2)17-20-16(24-21-17)7-9-19-18(22)14-8-10-23-15-6-4-3-5-13(15)11-14/h3-6,12,14H,7-11H2,1-2H3,(H,19,22)/t14-/m0/s1. The van der Waals surface area contributed by atoms with Gasteiger partial charge in [0, 0.05) is 24.8 Å². The van der Waals surface area contributed by atoms with Gasteiger partial charge in [0.05, 0.1) is 6.61 Å². The normalized spacial score (nSPS) is 17.0. The van der Waals surface area contributed by atoms with E-state index >= 15 is 0 Å². The zero-order valence-corrected chi connectivity index (χ0v) is 14.1. The minimum absolute atomic E-state index is 0.0545. The molecule has 2 heterocycles. The van der Waals surface area contributed by atoms with E-state index in [4.69, 9.17) is 9.26 Å². The number of para-hydroxylation sites is 1. The number of carbonyl (C=O) groups excluding carboxylic acids is 1. The summed E-state index contributed by atoms with van der Waals surface area (Å²) in [6.45, 7) is 5.10. The molecule has 0 bridgehead atoms. The van der Waals surface area contributed by atoms with E-state index in [1.54, 1.807) is 0 Å². The number of hydrogen-bond donors (Lipinski definition) is 1. The number of nitrogens with one attached hydrogen (secondary N) is 1. The van der Waals surface area contributed by atoms with Crippen molar-refractivity contribution in [2.75, 3.05) is 13.2 Å². The number of aromatic nitrogens is 2. The number of carbonyl (C=O) groups is 1. The van der Waals surface area contributed by atoms with E-state index in [2.05, 4.69) is 15.5 Å². The van der Waals surface area contributed by atoms with Crippen molar-refractivity contribution in [3.05, 3.63) is 41.5 Å². The number of nitrogens with zero attached hydrogens (tertiary/aromatic N) is 2. The lowest BCUT2D eigenvalue weighted by Gasteiger charge is -2.13. The van der Waals surface area contributed by atoms with Crippen LogP contribution >= 0.6 is 0 Å². The quantitative estimate of drug-likeness (QED) is 0.912. The third-order valence-electron chi connectivity index (χ3n) is 4.17. The van der Waals surface area contributed by atoms with Gasteiger partial charge in [-0.15, -0.1) is 0 Å².